The molecule has 0 radical (unpaired) electrons. The van der Waals surface area contributed by atoms with Gasteiger partial charge in [-0.3, -0.25) is 4.31 Å². The van der Waals surface area contributed by atoms with Gasteiger partial charge in [0.15, 0.2) is 0 Å². The van der Waals surface area contributed by atoms with Crippen LogP contribution in [0.25, 0.3) is 21.8 Å². The Morgan fingerprint density at radius 3 is 2.25 bits per heavy atom. The Morgan fingerprint density at radius 1 is 0.893 bits per heavy atom. The molecule has 0 aliphatic rings. The second-order valence-electron chi connectivity index (χ2n) is 6.92. The Hall–Kier alpha value is -2.99. The molecule has 0 bridgehead atoms. The lowest BCUT2D eigenvalue weighted by Gasteiger charge is -2.20. The number of aromatic amines is 1. The van der Waals surface area contributed by atoms with Crippen LogP contribution < -0.4 is 9.04 Å². The van der Waals surface area contributed by atoms with Crippen LogP contribution in [0.4, 0.5) is 5.69 Å². The molecule has 1 N–H and O–H groups in total. The van der Waals surface area contributed by atoms with Crippen molar-refractivity contribution >= 4 is 37.5 Å². The Labute approximate surface area is 164 Å². The van der Waals surface area contributed by atoms with Gasteiger partial charge in [-0.05, 0) is 55.3 Å². The van der Waals surface area contributed by atoms with Crippen LogP contribution in [0.5, 0.6) is 5.75 Å². The number of aryl methyl sites for hydroxylation is 2. The molecule has 0 aliphatic carbocycles. The molecule has 144 valence electrons. The molecule has 4 aromatic rings. The Kier molecular flexibility index (Phi) is 4.31. The third-order valence-electron chi connectivity index (χ3n) is 5.24. The maximum Gasteiger partial charge on any atom is 0.264 e. The molecule has 0 atom stereocenters. The zero-order valence-electron chi connectivity index (χ0n) is 16.3. The van der Waals surface area contributed by atoms with Crippen LogP contribution in [0.3, 0.4) is 0 Å². The maximum atomic E-state index is 13.2. The minimum atomic E-state index is -3.71. The monoisotopic (exact) mass is 394 g/mol. The summed E-state index contributed by atoms with van der Waals surface area (Å²) in [5.74, 6) is 0.616. The highest BCUT2D eigenvalue weighted by molar-refractivity contribution is 7.92. The first-order valence-corrected chi connectivity index (χ1v) is 10.4. The van der Waals surface area contributed by atoms with Crippen molar-refractivity contribution in [1.82, 2.24) is 4.98 Å². The average molecular weight is 394 g/mol. The molecule has 0 saturated heterocycles. The molecule has 4 rings (SSSR count). The Balaban J connectivity index is 1.90. The minimum Gasteiger partial charge on any atom is -0.497 e. The first-order chi connectivity index (χ1) is 13.3. The molecule has 3 aromatic carbocycles. The summed E-state index contributed by atoms with van der Waals surface area (Å²) < 4.78 is 32.9. The van der Waals surface area contributed by atoms with E-state index < -0.39 is 10.0 Å². The quantitative estimate of drug-likeness (QED) is 0.542. The van der Waals surface area contributed by atoms with Crippen molar-refractivity contribution in [3.05, 3.63) is 65.7 Å². The van der Waals surface area contributed by atoms with Gasteiger partial charge in [0.05, 0.1) is 23.2 Å². The molecule has 1 aromatic heterocycles. The summed E-state index contributed by atoms with van der Waals surface area (Å²) in [6.45, 7) is 4.12. The highest BCUT2D eigenvalue weighted by Gasteiger charge is 2.24. The van der Waals surface area contributed by atoms with E-state index in [0.29, 0.717) is 11.4 Å². The van der Waals surface area contributed by atoms with Crippen LogP contribution in [-0.2, 0) is 10.0 Å². The summed E-state index contributed by atoms with van der Waals surface area (Å²) in [6.07, 6.45) is 0. The van der Waals surface area contributed by atoms with Crippen molar-refractivity contribution in [3.8, 4) is 5.75 Å². The predicted octanol–water partition coefficient (Wildman–Crippen LogP) is 4.77. The van der Waals surface area contributed by atoms with Gasteiger partial charge in [0.2, 0.25) is 0 Å². The van der Waals surface area contributed by atoms with Gasteiger partial charge >= 0.3 is 0 Å². The summed E-state index contributed by atoms with van der Waals surface area (Å²) in [4.78, 5) is 3.67. The number of rotatable bonds is 4. The van der Waals surface area contributed by atoms with E-state index in [1.54, 1.807) is 38.4 Å². The topological polar surface area (TPSA) is 62.4 Å². The van der Waals surface area contributed by atoms with Gasteiger partial charge in [0.25, 0.3) is 10.0 Å². The molecule has 5 nitrogen and oxygen atoms in total. The van der Waals surface area contributed by atoms with E-state index in [2.05, 4.69) is 31.0 Å². The van der Waals surface area contributed by atoms with Crippen molar-refractivity contribution < 1.29 is 13.2 Å². The molecular weight excluding hydrogens is 372 g/mol. The molecule has 0 spiro atoms. The average Bonchev–Trinajstić information content (AvgIpc) is 3.11. The molecule has 1 heterocycles. The third-order valence-corrected chi connectivity index (χ3v) is 7.03. The summed E-state index contributed by atoms with van der Waals surface area (Å²) in [5, 5.41) is 2.15. The Bertz CT molecular complexity index is 1290. The summed E-state index contributed by atoms with van der Waals surface area (Å²) >= 11 is 0. The van der Waals surface area contributed by atoms with E-state index in [0.717, 1.165) is 32.9 Å². The van der Waals surface area contributed by atoms with Gasteiger partial charge in [0.1, 0.15) is 5.75 Å². The number of fused-ring (bicyclic) bond motifs is 3. The number of sulfonamides is 1. The number of benzene rings is 3. The van der Waals surface area contributed by atoms with E-state index in [1.165, 1.54) is 4.31 Å². The second kappa shape index (κ2) is 6.56. The number of H-pyrrole nitrogens is 1. The van der Waals surface area contributed by atoms with Crippen LogP contribution in [0, 0.1) is 13.8 Å². The lowest BCUT2D eigenvalue weighted by molar-refractivity contribution is 0.414. The molecular formula is C22H22N2O3S. The number of ether oxygens (including phenoxy) is 1. The van der Waals surface area contributed by atoms with Crippen molar-refractivity contribution in [3.63, 3.8) is 0 Å². The fourth-order valence-electron chi connectivity index (χ4n) is 3.62. The maximum absolute atomic E-state index is 13.2. The SMILES string of the molecule is COc1ccc(S(=O)(=O)N(C)c2cccc3c2[nH]c2c(C)ccc(C)c23)cc1. The summed E-state index contributed by atoms with van der Waals surface area (Å²) in [5.41, 5.74) is 4.75. The van der Waals surface area contributed by atoms with Crippen LogP contribution in [0.15, 0.2) is 59.5 Å². The van der Waals surface area contributed by atoms with Crippen molar-refractivity contribution in [2.24, 2.45) is 0 Å². The smallest absolute Gasteiger partial charge is 0.264 e. The molecule has 6 heteroatoms. The van der Waals surface area contributed by atoms with E-state index >= 15 is 0 Å². The zero-order chi connectivity index (χ0) is 20.1. The van der Waals surface area contributed by atoms with Crippen LogP contribution in [-0.4, -0.2) is 27.6 Å². The minimum absolute atomic E-state index is 0.219. The highest BCUT2D eigenvalue weighted by atomic mass is 32.2. The largest absolute Gasteiger partial charge is 0.497 e. The fourth-order valence-corrected chi connectivity index (χ4v) is 4.83. The summed E-state index contributed by atoms with van der Waals surface area (Å²) in [7, 11) is -0.574. The second-order valence-corrected chi connectivity index (χ2v) is 8.89. The molecule has 0 amide bonds. The van der Waals surface area contributed by atoms with Gasteiger partial charge in [-0.2, -0.15) is 0 Å². The van der Waals surface area contributed by atoms with Gasteiger partial charge in [-0.25, -0.2) is 8.42 Å². The van der Waals surface area contributed by atoms with Crippen LogP contribution in [0.2, 0.25) is 0 Å². The number of methoxy groups -OCH3 is 1. The lowest BCUT2D eigenvalue weighted by Crippen LogP contribution is -2.26. The first kappa shape index (κ1) is 18.4. The summed E-state index contributed by atoms with van der Waals surface area (Å²) in [6, 6.07) is 16.3. The van der Waals surface area contributed by atoms with Gasteiger partial charge in [0, 0.05) is 23.3 Å². The number of anilines is 1. The van der Waals surface area contributed by atoms with Gasteiger partial charge in [-0.15, -0.1) is 0 Å². The number of para-hydroxylation sites is 1. The Morgan fingerprint density at radius 2 is 1.57 bits per heavy atom. The standard InChI is InChI=1S/C22H22N2O3S/c1-14-8-9-15(2)21-20(14)18-6-5-7-19(22(18)23-21)24(3)28(25,26)17-12-10-16(27-4)11-13-17/h5-13,23H,1-4H3. The lowest BCUT2D eigenvalue weighted by atomic mass is 10.0. The third kappa shape index (κ3) is 2.72. The van der Waals surface area contributed by atoms with Crippen LogP contribution in [0.1, 0.15) is 11.1 Å². The number of nitrogens with zero attached hydrogens (tertiary/aromatic N) is 1. The normalized spacial score (nSPS) is 11.9. The number of hydrogen-bond donors (Lipinski definition) is 1. The van der Waals surface area contributed by atoms with Gasteiger partial charge in [-0.1, -0.05) is 24.3 Å². The highest BCUT2D eigenvalue weighted by Crippen LogP contribution is 2.36. The number of hydrogen-bond acceptors (Lipinski definition) is 3. The number of nitrogens with one attached hydrogen (secondary N) is 1. The van der Waals surface area contributed by atoms with E-state index in [1.807, 2.05) is 18.2 Å². The van der Waals surface area contributed by atoms with Crippen LogP contribution >= 0.6 is 0 Å². The van der Waals surface area contributed by atoms with E-state index in [-0.39, 0.29) is 4.90 Å². The fraction of sp³-hybridized carbons (Fsp3) is 0.182. The van der Waals surface area contributed by atoms with Gasteiger partial charge < -0.3 is 9.72 Å². The van der Waals surface area contributed by atoms with E-state index in [9.17, 15) is 8.42 Å². The predicted molar refractivity (Wildman–Crippen MR) is 114 cm³/mol. The molecule has 0 saturated carbocycles. The zero-order valence-corrected chi connectivity index (χ0v) is 17.1. The number of aromatic nitrogens is 1. The molecule has 28 heavy (non-hydrogen) atoms. The van der Waals surface area contributed by atoms with Crippen molar-refractivity contribution in [2.45, 2.75) is 18.7 Å². The first-order valence-electron chi connectivity index (χ1n) is 8.98. The van der Waals surface area contributed by atoms with E-state index in [4.69, 9.17) is 4.74 Å². The molecule has 0 fully saturated rings. The molecule has 0 unspecified atom stereocenters. The van der Waals surface area contributed by atoms with Crippen molar-refractivity contribution in [2.75, 3.05) is 18.5 Å². The molecule has 0 aliphatic heterocycles. The van der Waals surface area contributed by atoms with Crippen molar-refractivity contribution in [1.29, 1.82) is 0 Å².